The summed E-state index contributed by atoms with van der Waals surface area (Å²) < 4.78 is 15.5. The van der Waals surface area contributed by atoms with E-state index in [2.05, 4.69) is 10.4 Å². The van der Waals surface area contributed by atoms with Gasteiger partial charge in [-0.15, -0.1) is 0 Å². The molecular weight excluding hydrogens is 351 g/mol. The number of carbonyl (C=O) groups is 1. The van der Waals surface area contributed by atoms with Crippen LogP contribution in [0.5, 0.6) is 0 Å². The van der Waals surface area contributed by atoms with Gasteiger partial charge in [-0.2, -0.15) is 5.10 Å². The van der Waals surface area contributed by atoms with Crippen molar-refractivity contribution in [3.8, 4) is 16.9 Å². The molecule has 7 nitrogen and oxygen atoms in total. The standard InChI is InChI=1S/C19H15FN4O3/c20-16-7-2-1-6-15(16)17-11-18(19(25)21-12-8-9-12)23(22-17)13-4-3-5-14(10-13)24(26)27/h1-7,10-12H,8-9H2,(H,21,25). The van der Waals surface area contributed by atoms with Gasteiger partial charge in [-0.25, -0.2) is 9.07 Å². The topological polar surface area (TPSA) is 90.1 Å². The van der Waals surface area contributed by atoms with Crippen molar-refractivity contribution in [2.75, 3.05) is 0 Å². The van der Waals surface area contributed by atoms with Crippen LogP contribution in [0.3, 0.4) is 0 Å². The summed E-state index contributed by atoms with van der Waals surface area (Å²) in [7, 11) is 0. The average Bonchev–Trinajstić information content (AvgIpc) is 3.36. The largest absolute Gasteiger partial charge is 0.348 e. The highest BCUT2D eigenvalue weighted by molar-refractivity contribution is 5.94. The van der Waals surface area contributed by atoms with Gasteiger partial charge in [0.15, 0.2) is 0 Å². The van der Waals surface area contributed by atoms with Crippen LogP contribution in [-0.2, 0) is 0 Å². The zero-order valence-corrected chi connectivity index (χ0v) is 14.1. The number of amides is 1. The number of nitro benzene ring substituents is 1. The minimum Gasteiger partial charge on any atom is -0.348 e. The third-order valence-corrected chi connectivity index (χ3v) is 4.29. The lowest BCUT2D eigenvalue weighted by Gasteiger charge is -2.07. The Morgan fingerprint density at radius 2 is 1.96 bits per heavy atom. The fraction of sp³-hybridized carbons (Fsp3) is 0.158. The number of rotatable bonds is 5. The molecule has 2 aromatic carbocycles. The summed E-state index contributed by atoms with van der Waals surface area (Å²) in [6, 6.07) is 13.5. The molecule has 1 N–H and O–H groups in total. The third kappa shape index (κ3) is 3.41. The van der Waals surface area contributed by atoms with Gasteiger partial charge in [-0.05, 0) is 37.1 Å². The van der Waals surface area contributed by atoms with E-state index < -0.39 is 10.7 Å². The number of nitrogens with one attached hydrogen (secondary N) is 1. The molecule has 0 saturated heterocycles. The lowest BCUT2D eigenvalue weighted by molar-refractivity contribution is -0.384. The summed E-state index contributed by atoms with van der Waals surface area (Å²) in [5.74, 6) is -0.811. The minimum absolute atomic E-state index is 0.121. The number of halogens is 1. The number of hydrogen-bond donors (Lipinski definition) is 1. The van der Waals surface area contributed by atoms with Crippen molar-refractivity contribution < 1.29 is 14.1 Å². The molecule has 0 radical (unpaired) electrons. The van der Waals surface area contributed by atoms with E-state index in [0.29, 0.717) is 5.69 Å². The van der Waals surface area contributed by atoms with Crippen LogP contribution >= 0.6 is 0 Å². The maximum absolute atomic E-state index is 14.2. The van der Waals surface area contributed by atoms with Gasteiger partial charge in [0.25, 0.3) is 11.6 Å². The van der Waals surface area contributed by atoms with Crippen LogP contribution in [0, 0.1) is 15.9 Å². The van der Waals surface area contributed by atoms with E-state index in [0.717, 1.165) is 12.8 Å². The fourth-order valence-electron chi connectivity index (χ4n) is 2.77. The molecule has 0 aliphatic heterocycles. The normalized spacial score (nSPS) is 13.4. The molecule has 1 amide bonds. The first-order valence-corrected chi connectivity index (χ1v) is 8.43. The van der Waals surface area contributed by atoms with Crippen molar-refractivity contribution in [3.63, 3.8) is 0 Å². The second-order valence-corrected chi connectivity index (χ2v) is 6.33. The maximum Gasteiger partial charge on any atom is 0.271 e. The summed E-state index contributed by atoms with van der Waals surface area (Å²) in [4.78, 5) is 23.2. The summed E-state index contributed by atoms with van der Waals surface area (Å²) in [6.07, 6.45) is 1.83. The number of nitrogens with zero attached hydrogens (tertiary/aromatic N) is 3. The molecule has 136 valence electrons. The quantitative estimate of drug-likeness (QED) is 0.553. The van der Waals surface area contributed by atoms with Crippen LogP contribution in [-0.4, -0.2) is 26.7 Å². The Bertz CT molecular complexity index is 1040. The van der Waals surface area contributed by atoms with Crippen LogP contribution in [0.25, 0.3) is 16.9 Å². The zero-order valence-electron chi connectivity index (χ0n) is 14.1. The highest BCUT2D eigenvalue weighted by Crippen LogP contribution is 2.26. The Kier molecular flexibility index (Phi) is 4.15. The van der Waals surface area contributed by atoms with Gasteiger partial charge >= 0.3 is 0 Å². The van der Waals surface area contributed by atoms with Crippen LogP contribution in [0.4, 0.5) is 10.1 Å². The molecule has 0 spiro atoms. The molecule has 1 heterocycles. The SMILES string of the molecule is O=C(NC1CC1)c1cc(-c2ccccc2F)nn1-c1cccc([N+](=O)[O-])c1. The smallest absolute Gasteiger partial charge is 0.271 e. The molecular formula is C19H15FN4O3. The number of benzene rings is 2. The van der Waals surface area contributed by atoms with E-state index >= 15 is 0 Å². The van der Waals surface area contributed by atoms with E-state index in [-0.39, 0.29) is 34.6 Å². The molecule has 4 rings (SSSR count). The Labute approximate surface area is 153 Å². The number of aromatic nitrogens is 2. The van der Waals surface area contributed by atoms with Gasteiger partial charge < -0.3 is 5.32 Å². The van der Waals surface area contributed by atoms with Crippen molar-refractivity contribution in [1.82, 2.24) is 15.1 Å². The summed E-state index contributed by atoms with van der Waals surface area (Å²) >= 11 is 0. The van der Waals surface area contributed by atoms with Crippen LogP contribution < -0.4 is 5.32 Å². The lowest BCUT2D eigenvalue weighted by Crippen LogP contribution is -2.27. The highest BCUT2D eigenvalue weighted by atomic mass is 19.1. The summed E-state index contributed by atoms with van der Waals surface area (Å²) in [6.45, 7) is 0. The predicted molar refractivity (Wildman–Crippen MR) is 96.1 cm³/mol. The number of carbonyl (C=O) groups excluding carboxylic acids is 1. The van der Waals surface area contributed by atoms with Crippen LogP contribution in [0.2, 0.25) is 0 Å². The molecule has 3 aromatic rings. The van der Waals surface area contributed by atoms with E-state index in [1.54, 1.807) is 24.3 Å². The Morgan fingerprint density at radius 3 is 2.67 bits per heavy atom. The molecule has 1 saturated carbocycles. The second kappa shape index (κ2) is 6.64. The average molecular weight is 366 g/mol. The molecule has 0 unspecified atom stereocenters. The first-order valence-electron chi connectivity index (χ1n) is 8.43. The van der Waals surface area contributed by atoms with Gasteiger partial charge in [-0.1, -0.05) is 18.2 Å². The summed E-state index contributed by atoms with van der Waals surface area (Å²) in [5.41, 5.74) is 0.958. The van der Waals surface area contributed by atoms with Crippen molar-refractivity contribution in [1.29, 1.82) is 0 Å². The molecule has 27 heavy (non-hydrogen) atoms. The third-order valence-electron chi connectivity index (χ3n) is 4.29. The maximum atomic E-state index is 14.2. The van der Waals surface area contributed by atoms with Gasteiger partial charge in [-0.3, -0.25) is 14.9 Å². The Morgan fingerprint density at radius 1 is 1.19 bits per heavy atom. The molecule has 8 heteroatoms. The molecule has 0 atom stereocenters. The Balaban J connectivity index is 1.83. The predicted octanol–water partition coefficient (Wildman–Crippen LogP) is 3.48. The zero-order chi connectivity index (χ0) is 19.0. The summed E-state index contributed by atoms with van der Waals surface area (Å²) in [5, 5.41) is 18.3. The second-order valence-electron chi connectivity index (χ2n) is 6.33. The van der Waals surface area contributed by atoms with Crippen LogP contribution in [0.15, 0.2) is 54.6 Å². The first-order chi connectivity index (χ1) is 13.0. The van der Waals surface area contributed by atoms with E-state index in [9.17, 15) is 19.3 Å². The van der Waals surface area contributed by atoms with Crippen molar-refractivity contribution in [2.45, 2.75) is 18.9 Å². The monoisotopic (exact) mass is 366 g/mol. The molecule has 1 fully saturated rings. The number of non-ortho nitro benzene ring substituents is 1. The van der Waals surface area contributed by atoms with E-state index in [4.69, 9.17) is 0 Å². The van der Waals surface area contributed by atoms with Gasteiger partial charge in [0.05, 0.1) is 16.3 Å². The highest BCUT2D eigenvalue weighted by Gasteiger charge is 2.27. The van der Waals surface area contributed by atoms with Gasteiger partial charge in [0.2, 0.25) is 0 Å². The van der Waals surface area contributed by atoms with Crippen molar-refractivity contribution >= 4 is 11.6 Å². The van der Waals surface area contributed by atoms with Gasteiger partial charge in [0.1, 0.15) is 11.5 Å². The number of hydrogen-bond acceptors (Lipinski definition) is 4. The Hall–Kier alpha value is -3.55. The van der Waals surface area contributed by atoms with Gasteiger partial charge in [0, 0.05) is 23.7 Å². The molecule has 0 bridgehead atoms. The molecule has 1 aliphatic rings. The van der Waals surface area contributed by atoms with Crippen molar-refractivity contribution in [2.24, 2.45) is 0 Å². The van der Waals surface area contributed by atoms with Crippen LogP contribution in [0.1, 0.15) is 23.3 Å². The van der Waals surface area contributed by atoms with Crippen molar-refractivity contribution in [3.05, 3.63) is 76.2 Å². The van der Waals surface area contributed by atoms with E-state index in [1.807, 2.05) is 0 Å². The lowest BCUT2D eigenvalue weighted by atomic mass is 10.1. The molecule has 1 aliphatic carbocycles. The number of nitro groups is 1. The fourth-order valence-corrected chi connectivity index (χ4v) is 2.77. The minimum atomic E-state index is -0.519. The van der Waals surface area contributed by atoms with E-state index in [1.165, 1.54) is 35.0 Å². The molecule has 1 aromatic heterocycles. The first kappa shape index (κ1) is 16.9.